The van der Waals surface area contributed by atoms with Crippen LogP contribution in [0.3, 0.4) is 0 Å². The summed E-state index contributed by atoms with van der Waals surface area (Å²) in [5, 5.41) is 9.12. The Morgan fingerprint density at radius 2 is 2.14 bits per heavy atom. The number of rotatable bonds is 5. The molecule has 0 atom stereocenters. The van der Waals surface area contributed by atoms with Crippen molar-refractivity contribution in [1.29, 1.82) is 0 Å². The first-order chi connectivity index (χ1) is 10.7. The molecule has 0 unspecified atom stereocenters. The van der Waals surface area contributed by atoms with E-state index < -0.39 is 0 Å². The fourth-order valence-electron chi connectivity index (χ4n) is 2.47. The minimum atomic E-state index is -0.0703. The zero-order valence-corrected chi connectivity index (χ0v) is 13.0. The third kappa shape index (κ3) is 2.67. The molecule has 1 aliphatic rings. The van der Waals surface area contributed by atoms with Gasteiger partial charge in [0.05, 0.1) is 18.6 Å². The highest BCUT2D eigenvalue weighted by Crippen LogP contribution is 2.37. The van der Waals surface area contributed by atoms with E-state index in [1.165, 1.54) is 24.2 Å². The van der Waals surface area contributed by atoms with E-state index >= 15 is 0 Å². The highest BCUT2D eigenvalue weighted by molar-refractivity contribution is 7.17. The Morgan fingerprint density at radius 3 is 2.95 bits per heavy atom. The van der Waals surface area contributed by atoms with Gasteiger partial charge in [0.2, 0.25) is 0 Å². The Labute approximate surface area is 130 Å². The number of hydrogen-bond donors (Lipinski definition) is 2. The van der Waals surface area contributed by atoms with Crippen molar-refractivity contribution in [2.75, 3.05) is 7.05 Å². The standard InChI is InChI=1S/C14H16N6OS/c1-20(7-11-16-13(19-18-11)8-2-3-8)6-10-15-9-4-5-22-12(9)14(21)17-10/h4-5,8H,2-3,6-7H2,1H3,(H,15,17,21)(H,16,18,19). The van der Waals surface area contributed by atoms with Gasteiger partial charge < -0.3 is 4.98 Å². The van der Waals surface area contributed by atoms with Crippen LogP contribution in [0, 0.1) is 0 Å². The molecule has 114 valence electrons. The summed E-state index contributed by atoms with van der Waals surface area (Å²) in [6.45, 7) is 1.20. The SMILES string of the molecule is CN(Cc1nc(C2CC2)n[nH]1)Cc1nc2ccsc2c(=O)[nH]1. The fourth-order valence-corrected chi connectivity index (χ4v) is 3.19. The molecule has 0 amide bonds. The van der Waals surface area contributed by atoms with Crippen LogP contribution >= 0.6 is 11.3 Å². The molecular formula is C14H16N6OS. The van der Waals surface area contributed by atoms with Crippen LogP contribution in [0.4, 0.5) is 0 Å². The lowest BCUT2D eigenvalue weighted by Gasteiger charge is -2.13. The van der Waals surface area contributed by atoms with Crippen molar-refractivity contribution in [3.63, 3.8) is 0 Å². The monoisotopic (exact) mass is 316 g/mol. The van der Waals surface area contributed by atoms with E-state index in [4.69, 9.17) is 0 Å². The van der Waals surface area contributed by atoms with Crippen LogP contribution in [0.15, 0.2) is 16.2 Å². The summed E-state index contributed by atoms with van der Waals surface area (Å²) < 4.78 is 0.677. The lowest BCUT2D eigenvalue weighted by molar-refractivity contribution is 0.303. The van der Waals surface area contributed by atoms with Gasteiger partial charge in [-0.05, 0) is 31.3 Å². The van der Waals surface area contributed by atoms with Gasteiger partial charge >= 0.3 is 0 Å². The quantitative estimate of drug-likeness (QED) is 0.746. The van der Waals surface area contributed by atoms with Crippen LogP contribution in [0.2, 0.25) is 0 Å². The molecule has 0 aromatic carbocycles. The Kier molecular flexibility index (Phi) is 3.27. The molecular weight excluding hydrogens is 300 g/mol. The molecule has 3 aromatic heterocycles. The molecule has 1 fully saturated rings. The maximum Gasteiger partial charge on any atom is 0.268 e. The average Bonchev–Trinajstić information content (AvgIpc) is 3.03. The number of aromatic nitrogens is 5. The van der Waals surface area contributed by atoms with E-state index in [0.717, 1.165) is 17.2 Å². The second-order valence-electron chi connectivity index (χ2n) is 5.73. The van der Waals surface area contributed by atoms with Crippen LogP contribution in [0.25, 0.3) is 10.2 Å². The maximum absolute atomic E-state index is 12.0. The third-order valence-electron chi connectivity index (χ3n) is 3.69. The van der Waals surface area contributed by atoms with Crippen LogP contribution in [0.5, 0.6) is 0 Å². The smallest absolute Gasteiger partial charge is 0.268 e. The van der Waals surface area contributed by atoms with Gasteiger partial charge in [-0.2, -0.15) is 5.10 Å². The summed E-state index contributed by atoms with van der Waals surface area (Å²) in [5.74, 6) is 2.99. The van der Waals surface area contributed by atoms with Crippen LogP contribution in [-0.2, 0) is 13.1 Å². The molecule has 1 aliphatic carbocycles. The van der Waals surface area contributed by atoms with Crippen molar-refractivity contribution in [3.05, 3.63) is 39.3 Å². The van der Waals surface area contributed by atoms with Crippen molar-refractivity contribution in [1.82, 2.24) is 30.0 Å². The first kappa shape index (κ1) is 13.6. The van der Waals surface area contributed by atoms with Gasteiger partial charge in [0.15, 0.2) is 5.82 Å². The number of hydrogen-bond acceptors (Lipinski definition) is 6. The lowest BCUT2D eigenvalue weighted by Crippen LogP contribution is -2.22. The Balaban J connectivity index is 1.47. The zero-order chi connectivity index (χ0) is 15.1. The molecule has 2 N–H and O–H groups in total. The molecule has 22 heavy (non-hydrogen) atoms. The molecule has 4 rings (SSSR count). The molecule has 0 radical (unpaired) electrons. The summed E-state index contributed by atoms with van der Waals surface area (Å²) in [7, 11) is 1.97. The predicted octanol–water partition coefficient (Wildman–Crippen LogP) is 1.61. The van der Waals surface area contributed by atoms with E-state index in [1.807, 2.05) is 23.4 Å². The topological polar surface area (TPSA) is 90.6 Å². The zero-order valence-electron chi connectivity index (χ0n) is 12.2. The summed E-state index contributed by atoms with van der Waals surface area (Å²) in [4.78, 5) is 25.8. The van der Waals surface area contributed by atoms with Gasteiger partial charge in [-0.15, -0.1) is 11.3 Å². The molecule has 1 saturated carbocycles. The third-order valence-corrected chi connectivity index (χ3v) is 4.60. The molecule has 8 heteroatoms. The molecule has 3 aromatic rings. The lowest BCUT2D eigenvalue weighted by atomic mass is 10.4. The number of thiophene rings is 1. The second kappa shape index (κ2) is 5.29. The van der Waals surface area contributed by atoms with Crippen molar-refractivity contribution in [3.8, 4) is 0 Å². The molecule has 0 aliphatic heterocycles. The van der Waals surface area contributed by atoms with Crippen LogP contribution in [-0.4, -0.2) is 37.1 Å². The Hall–Kier alpha value is -2.06. The minimum absolute atomic E-state index is 0.0703. The van der Waals surface area contributed by atoms with Crippen molar-refractivity contribution in [2.24, 2.45) is 0 Å². The van der Waals surface area contributed by atoms with Crippen molar-refractivity contribution >= 4 is 21.6 Å². The van der Waals surface area contributed by atoms with E-state index in [-0.39, 0.29) is 5.56 Å². The normalized spacial score (nSPS) is 15.0. The summed E-state index contributed by atoms with van der Waals surface area (Å²) in [6, 6.07) is 1.87. The Morgan fingerprint density at radius 1 is 1.32 bits per heavy atom. The van der Waals surface area contributed by atoms with Gasteiger partial charge in [0.1, 0.15) is 16.3 Å². The van der Waals surface area contributed by atoms with Crippen LogP contribution in [0.1, 0.15) is 36.2 Å². The Bertz CT molecular complexity index is 861. The molecule has 0 spiro atoms. The molecule has 0 bridgehead atoms. The molecule has 3 heterocycles. The number of nitrogens with zero attached hydrogens (tertiary/aromatic N) is 4. The molecule has 0 saturated heterocycles. The van der Waals surface area contributed by atoms with Crippen LogP contribution < -0.4 is 5.56 Å². The number of H-pyrrole nitrogens is 2. The number of aromatic amines is 2. The van der Waals surface area contributed by atoms with Gasteiger partial charge in [-0.3, -0.25) is 14.8 Å². The van der Waals surface area contributed by atoms with E-state index in [2.05, 4.69) is 25.1 Å². The highest BCUT2D eigenvalue weighted by Gasteiger charge is 2.27. The van der Waals surface area contributed by atoms with Gasteiger partial charge in [0.25, 0.3) is 5.56 Å². The number of nitrogens with one attached hydrogen (secondary N) is 2. The second-order valence-corrected chi connectivity index (χ2v) is 6.65. The first-order valence-corrected chi connectivity index (χ1v) is 8.13. The minimum Gasteiger partial charge on any atom is -0.308 e. The summed E-state index contributed by atoms with van der Waals surface area (Å²) in [5.41, 5.74) is 0.687. The first-order valence-electron chi connectivity index (χ1n) is 7.25. The highest BCUT2D eigenvalue weighted by atomic mass is 32.1. The van der Waals surface area contributed by atoms with E-state index in [0.29, 0.717) is 29.5 Å². The summed E-state index contributed by atoms with van der Waals surface area (Å²) >= 11 is 1.41. The van der Waals surface area contributed by atoms with E-state index in [1.54, 1.807) is 0 Å². The van der Waals surface area contributed by atoms with Gasteiger partial charge in [-0.1, -0.05) is 0 Å². The van der Waals surface area contributed by atoms with E-state index in [9.17, 15) is 4.79 Å². The largest absolute Gasteiger partial charge is 0.308 e. The van der Waals surface area contributed by atoms with Crippen molar-refractivity contribution < 1.29 is 0 Å². The summed E-state index contributed by atoms with van der Waals surface area (Å²) in [6.07, 6.45) is 2.39. The predicted molar refractivity (Wildman–Crippen MR) is 83.8 cm³/mol. The van der Waals surface area contributed by atoms with Gasteiger partial charge in [-0.25, -0.2) is 9.97 Å². The number of fused-ring (bicyclic) bond motifs is 1. The average molecular weight is 316 g/mol. The maximum atomic E-state index is 12.0. The van der Waals surface area contributed by atoms with Gasteiger partial charge in [0, 0.05) is 5.92 Å². The molecule has 7 nitrogen and oxygen atoms in total. The fraction of sp³-hybridized carbons (Fsp3) is 0.429. The van der Waals surface area contributed by atoms with Crippen molar-refractivity contribution in [2.45, 2.75) is 31.8 Å².